The van der Waals surface area contributed by atoms with E-state index in [0.29, 0.717) is 18.4 Å². The number of carbonyl (C=O) groups excluding carboxylic acids is 1. The van der Waals surface area contributed by atoms with Crippen LogP contribution in [0.15, 0.2) is 22.9 Å². The third kappa shape index (κ3) is 3.44. The summed E-state index contributed by atoms with van der Waals surface area (Å²) in [5.41, 5.74) is 0. The second kappa shape index (κ2) is 6.95. The lowest BCUT2D eigenvalue weighted by Gasteiger charge is -2.18. The van der Waals surface area contributed by atoms with Crippen LogP contribution in [0.2, 0.25) is 0 Å². The van der Waals surface area contributed by atoms with Gasteiger partial charge in [0, 0.05) is 13.2 Å². The lowest BCUT2D eigenvalue weighted by atomic mass is 10.2. The Kier molecular flexibility index (Phi) is 4.76. The summed E-state index contributed by atoms with van der Waals surface area (Å²) in [5.74, 6) is 1.42. The number of nitrogens with zero attached hydrogens (tertiary/aromatic N) is 3. The Morgan fingerprint density at radius 1 is 1.48 bits per heavy atom. The van der Waals surface area contributed by atoms with Crippen molar-refractivity contribution in [3.05, 3.63) is 35.8 Å². The smallest absolute Gasteiger partial charge is 0.287 e. The molecule has 7 heteroatoms. The molecule has 0 saturated heterocycles. The van der Waals surface area contributed by atoms with E-state index in [4.69, 9.17) is 9.15 Å². The van der Waals surface area contributed by atoms with E-state index < -0.39 is 0 Å². The molecule has 1 fully saturated rings. The van der Waals surface area contributed by atoms with Crippen LogP contribution >= 0.6 is 0 Å². The molecule has 2 aromatic heterocycles. The van der Waals surface area contributed by atoms with Crippen LogP contribution in [-0.4, -0.2) is 27.8 Å². The fourth-order valence-corrected chi connectivity index (χ4v) is 3.08. The highest BCUT2D eigenvalue weighted by Crippen LogP contribution is 2.31. The molecule has 0 bridgehead atoms. The summed E-state index contributed by atoms with van der Waals surface area (Å²) in [6, 6.07) is 3.60. The number of amides is 1. The molecule has 0 aliphatic heterocycles. The Balaban J connectivity index is 1.67. The van der Waals surface area contributed by atoms with E-state index in [-0.39, 0.29) is 17.7 Å². The maximum Gasteiger partial charge on any atom is 0.287 e. The summed E-state index contributed by atoms with van der Waals surface area (Å²) in [4.78, 5) is 12.3. The van der Waals surface area contributed by atoms with Gasteiger partial charge in [0.05, 0.1) is 6.04 Å². The summed E-state index contributed by atoms with van der Waals surface area (Å²) >= 11 is 0. The van der Waals surface area contributed by atoms with Crippen molar-refractivity contribution >= 4 is 5.91 Å². The SMILES string of the molecule is COCc1ccc(C(=O)N[C@@H](C)c2nncn2C2CCCC2)o1. The van der Waals surface area contributed by atoms with E-state index in [1.165, 1.54) is 12.8 Å². The number of nitrogens with one attached hydrogen (secondary N) is 1. The van der Waals surface area contributed by atoms with Gasteiger partial charge in [-0.3, -0.25) is 4.79 Å². The quantitative estimate of drug-likeness (QED) is 0.885. The zero-order valence-electron chi connectivity index (χ0n) is 13.5. The number of aromatic nitrogens is 3. The molecule has 1 aliphatic carbocycles. The van der Waals surface area contributed by atoms with Crippen LogP contribution in [-0.2, 0) is 11.3 Å². The van der Waals surface area contributed by atoms with Crippen molar-refractivity contribution < 1.29 is 13.9 Å². The molecule has 3 rings (SSSR count). The molecule has 0 spiro atoms. The van der Waals surface area contributed by atoms with Crippen molar-refractivity contribution in [3.8, 4) is 0 Å². The van der Waals surface area contributed by atoms with Crippen molar-refractivity contribution in [1.82, 2.24) is 20.1 Å². The first-order valence-electron chi connectivity index (χ1n) is 7.97. The number of hydrogen-bond donors (Lipinski definition) is 1. The minimum Gasteiger partial charge on any atom is -0.453 e. The molecular formula is C16H22N4O3. The Hall–Kier alpha value is -2.15. The van der Waals surface area contributed by atoms with E-state index in [0.717, 1.165) is 18.7 Å². The fourth-order valence-electron chi connectivity index (χ4n) is 3.08. The summed E-state index contributed by atoms with van der Waals surface area (Å²) in [7, 11) is 1.58. The Labute approximate surface area is 135 Å². The van der Waals surface area contributed by atoms with Crippen LogP contribution in [0, 0.1) is 0 Å². The van der Waals surface area contributed by atoms with Crippen molar-refractivity contribution in [2.75, 3.05) is 7.11 Å². The fraction of sp³-hybridized carbons (Fsp3) is 0.562. The monoisotopic (exact) mass is 318 g/mol. The first-order valence-corrected chi connectivity index (χ1v) is 7.97. The summed E-state index contributed by atoms with van der Waals surface area (Å²) in [5, 5.41) is 11.1. The molecule has 124 valence electrons. The van der Waals surface area contributed by atoms with Crippen molar-refractivity contribution in [3.63, 3.8) is 0 Å². The maximum absolute atomic E-state index is 12.3. The van der Waals surface area contributed by atoms with E-state index in [1.807, 2.05) is 6.92 Å². The van der Waals surface area contributed by atoms with Gasteiger partial charge >= 0.3 is 0 Å². The van der Waals surface area contributed by atoms with E-state index in [9.17, 15) is 4.79 Å². The summed E-state index contributed by atoms with van der Waals surface area (Å²) in [6.07, 6.45) is 6.52. The minimum atomic E-state index is -0.263. The standard InChI is InChI=1S/C16H22N4O3/c1-11(15-19-17-10-20(15)12-5-3-4-6-12)18-16(21)14-8-7-13(23-14)9-22-2/h7-8,10-12H,3-6,9H2,1-2H3,(H,18,21)/t11-/m0/s1. The largest absolute Gasteiger partial charge is 0.453 e. The highest BCUT2D eigenvalue weighted by molar-refractivity contribution is 5.91. The van der Waals surface area contributed by atoms with Gasteiger partial charge in [-0.2, -0.15) is 0 Å². The lowest BCUT2D eigenvalue weighted by molar-refractivity contribution is 0.0900. The van der Waals surface area contributed by atoms with Gasteiger partial charge < -0.3 is 19.0 Å². The molecule has 1 atom stereocenters. The minimum absolute atomic E-state index is 0.235. The van der Waals surface area contributed by atoms with Gasteiger partial charge in [0.15, 0.2) is 11.6 Å². The molecule has 1 N–H and O–H groups in total. The van der Waals surface area contributed by atoms with E-state index >= 15 is 0 Å². The summed E-state index contributed by atoms with van der Waals surface area (Å²) in [6.45, 7) is 2.26. The van der Waals surface area contributed by atoms with E-state index in [2.05, 4.69) is 20.1 Å². The zero-order chi connectivity index (χ0) is 16.2. The van der Waals surface area contributed by atoms with Crippen LogP contribution in [0.5, 0.6) is 0 Å². The van der Waals surface area contributed by atoms with Crippen LogP contribution < -0.4 is 5.32 Å². The van der Waals surface area contributed by atoms with E-state index in [1.54, 1.807) is 25.6 Å². The Bertz CT molecular complexity index is 658. The molecule has 1 amide bonds. The van der Waals surface area contributed by atoms with Gasteiger partial charge in [-0.1, -0.05) is 12.8 Å². The van der Waals surface area contributed by atoms with Crippen LogP contribution in [0.3, 0.4) is 0 Å². The predicted molar refractivity (Wildman–Crippen MR) is 82.8 cm³/mol. The number of rotatable bonds is 6. The van der Waals surface area contributed by atoms with Gasteiger partial charge in [0.25, 0.3) is 5.91 Å². The number of methoxy groups -OCH3 is 1. The molecule has 0 radical (unpaired) electrons. The van der Waals surface area contributed by atoms with Crippen molar-refractivity contribution in [2.45, 2.75) is 51.3 Å². The zero-order valence-corrected chi connectivity index (χ0v) is 13.5. The molecular weight excluding hydrogens is 296 g/mol. The van der Waals surface area contributed by atoms with Gasteiger partial charge in [-0.15, -0.1) is 10.2 Å². The van der Waals surface area contributed by atoms with Gasteiger partial charge in [0.2, 0.25) is 0 Å². The summed E-state index contributed by atoms with van der Waals surface area (Å²) < 4.78 is 12.5. The highest BCUT2D eigenvalue weighted by Gasteiger charge is 2.24. The Morgan fingerprint density at radius 2 is 2.26 bits per heavy atom. The average Bonchev–Trinajstić information content (AvgIpc) is 3.27. The highest BCUT2D eigenvalue weighted by atomic mass is 16.5. The number of hydrogen-bond acceptors (Lipinski definition) is 5. The van der Waals surface area contributed by atoms with Gasteiger partial charge in [-0.25, -0.2) is 0 Å². The van der Waals surface area contributed by atoms with Gasteiger partial charge in [0.1, 0.15) is 18.7 Å². The number of carbonyl (C=O) groups is 1. The average molecular weight is 318 g/mol. The van der Waals surface area contributed by atoms with Crippen molar-refractivity contribution in [2.24, 2.45) is 0 Å². The molecule has 2 aromatic rings. The van der Waals surface area contributed by atoms with Crippen LogP contribution in [0.4, 0.5) is 0 Å². The predicted octanol–water partition coefficient (Wildman–Crippen LogP) is 2.62. The first-order chi connectivity index (χ1) is 11.2. The molecule has 7 nitrogen and oxygen atoms in total. The molecule has 23 heavy (non-hydrogen) atoms. The van der Waals surface area contributed by atoms with Crippen LogP contribution in [0.25, 0.3) is 0 Å². The molecule has 0 aromatic carbocycles. The molecule has 1 saturated carbocycles. The van der Waals surface area contributed by atoms with Crippen molar-refractivity contribution in [1.29, 1.82) is 0 Å². The maximum atomic E-state index is 12.3. The van der Waals surface area contributed by atoms with Gasteiger partial charge in [-0.05, 0) is 31.9 Å². The normalized spacial score (nSPS) is 16.6. The molecule has 1 aliphatic rings. The second-order valence-corrected chi connectivity index (χ2v) is 5.93. The second-order valence-electron chi connectivity index (χ2n) is 5.93. The molecule has 2 heterocycles. The van der Waals surface area contributed by atoms with Crippen LogP contribution in [0.1, 0.15) is 66.8 Å². The Morgan fingerprint density at radius 3 is 3.00 bits per heavy atom. The first kappa shape index (κ1) is 15.7. The third-order valence-electron chi connectivity index (χ3n) is 4.23. The number of ether oxygens (including phenoxy) is 1. The number of furan rings is 1. The third-order valence-corrected chi connectivity index (χ3v) is 4.23. The molecule has 0 unspecified atom stereocenters. The topological polar surface area (TPSA) is 82.2 Å². The lowest BCUT2D eigenvalue weighted by Crippen LogP contribution is -2.29.